The van der Waals surface area contributed by atoms with Gasteiger partial charge in [0, 0.05) is 24.5 Å². The van der Waals surface area contributed by atoms with E-state index in [0.29, 0.717) is 6.61 Å². The van der Waals surface area contributed by atoms with Crippen LogP contribution in [0.4, 0.5) is 8.78 Å². The highest BCUT2D eigenvalue weighted by molar-refractivity contribution is 5.89. The molecule has 1 aliphatic heterocycles. The molecule has 0 aromatic rings. The molecule has 2 aliphatic rings. The fraction of sp³-hybridized carbons (Fsp3) is 0.929. The molecule has 2 fully saturated rings. The molecule has 2 rings (SSSR count). The number of nitrogens with one attached hydrogen (secondary N) is 1. The fourth-order valence-corrected chi connectivity index (χ4v) is 3.59. The van der Waals surface area contributed by atoms with E-state index in [9.17, 15) is 13.6 Å². The predicted molar refractivity (Wildman–Crippen MR) is 73.0 cm³/mol. The molecule has 3 unspecified atom stereocenters. The number of ether oxygens (including phenoxy) is 2. The molecule has 122 valence electrons. The molecule has 21 heavy (non-hydrogen) atoms. The van der Waals surface area contributed by atoms with E-state index in [1.54, 1.807) is 0 Å². The lowest BCUT2D eigenvalue weighted by atomic mass is 9.46. The summed E-state index contributed by atoms with van der Waals surface area (Å²) in [5, 5.41) is 2.70. The van der Waals surface area contributed by atoms with Crippen LogP contribution in [0.15, 0.2) is 0 Å². The second-order valence-electron chi connectivity index (χ2n) is 6.35. The number of halogens is 2. The molecular weight excluding hydrogens is 282 g/mol. The largest absolute Gasteiger partial charge is 0.377 e. The number of fused-ring (bicyclic) bond motifs is 1. The molecular formula is C14H24F2N2O3. The molecule has 1 saturated carbocycles. The average Bonchev–Trinajstić information content (AvgIpc) is 2.45. The van der Waals surface area contributed by atoms with Crippen LogP contribution < -0.4 is 11.1 Å². The van der Waals surface area contributed by atoms with Gasteiger partial charge in [0.05, 0.1) is 12.7 Å². The molecule has 1 aliphatic carbocycles. The highest BCUT2D eigenvalue weighted by Gasteiger charge is 2.70. The first-order valence-electron chi connectivity index (χ1n) is 7.36. The van der Waals surface area contributed by atoms with Gasteiger partial charge in [0.25, 0.3) is 6.43 Å². The Labute approximate surface area is 123 Å². The smallest absolute Gasteiger partial charge is 0.261 e. The van der Waals surface area contributed by atoms with Crippen LogP contribution in [0, 0.1) is 11.3 Å². The Morgan fingerprint density at radius 2 is 2.24 bits per heavy atom. The highest BCUT2D eigenvalue weighted by atomic mass is 19.3. The van der Waals surface area contributed by atoms with E-state index in [4.69, 9.17) is 15.2 Å². The van der Waals surface area contributed by atoms with E-state index in [-0.39, 0.29) is 31.1 Å². The summed E-state index contributed by atoms with van der Waals surface area (Å²) < 4.78 is 34.3. The van der Waals surface area contributed by atoms with Crippen molar-refractivity contribution < 1.29 is 23.0 Å². The fourth-order valence-electron chi connectivity index (χ4n) is 3.59. The van der Waals surface area contributed by atoms with Gasteiger partial charge in [-0.15, -0.1) is 0 Å². The van der Waals surface area contributed by atoms with Gasteiger partial charge in [0.2, 0.25) is 5.91 Å². The third kappa shape index (κ3) is 2.78. The second-order valence-corrected chi connectivity index (χ2v) is 6.35. The number of hydrogen-bond donors (Lipinski definition) is 2. The van der Waals surface area contributed by atoms with E-state index >= 15 is 0 Å². The van der Waals surface area contributed by atoms with Gasteiger partial charge in [-0.3, -0.25) is 4.79 Å². The maximum absolute atomic E-state index is 12.4. The number of rotatable bonds is 6. The van der Waals surface area contributed by atoms with Crippen molar-refractivity contribution >= 4 is 5.91 Å². The monoisotopic (exact) mass is 306 g/mol. The Balaban J connectivity index is 1.86. The van der Waals surface area contributed by atoms with Crippen molar-refractivity contribution in [3.63, 3.8) is 0 Å². The minimum atomic E-state index is -2.49. The van der Waals surface area contributed by atoms with Crippen molar-refractivity contribution in [3.05, 3.63) is 0 Å². The molecule has 3 N–H and O–H groups in total. The molecule has 1 amide bonds. The number of carbonyl (C=O) groups is 1. The third-order valence-corrected chi connectivity index (χ3v) is 4.84. The number of hydrogen-bond acceptors (Lipinski definition) is 4. The molecule has 0 spiro atoms. The zero-order valence-corrected chi connectivity index (χ0v) is 12.5. The van der Waals surface area contributed by atoms with Gasteiger partial charge in [-0.25, -0.2) is 8.78 Å². The molecule has 0 radical (unpaired) electrons. The van der Waals surface area contributed by atoms with Crippen LogP contribution in [0.5, 0.6) is 0 Å². The van der Waals surface area contributed by atoms with Gasteiger partial charge in [0.15, 0.2) is 0 Å². The number of carbonyl (C=O) groups excluding carboxylic acids is 1. The molecule has 1 heterocycles. The van der Waals surface area contributed by atoms with Gasteiger partial charge >= 0.3 is 0 Å². The zero-order chi connectivity index (χ0) is 15.7. The average molecular weight is 306 g/mol. The summed E-state index contributed by atoms with van der Waals surface area (Å²) in [4.78, 5) is 12.4. The SMILES string of the molecule is CC1(C)C2OCCCC2C1(N)C(=O)NCCOCC(F)F. The van der Waals surface area contributed by atoms with Crippen LogP contribution in [0.2, 0.25) is 0 Å². The lowest BCUT2D eigenvalue weighted by Gasteiger charge is -2.65. The van der Waals surface area contributed by atoms with Crippen LogP contribution in [-0.2, 0) is 14.3 Å². The number of alkyl halides is 2. The van der Waals surface area contributed by atoms with Gasteiger partial charge in [-0.05, 0) is 12.8 Å². The summed E-state index contributed by atoms with van der Waals surface area (Å²) in [6.45, 7) is 4.20. The summed E-state index contributed by atoms with van der Waals surface area (Å²) in [6.07, 6.45) is -0.703. The van der Waals surface area contributed by atoms with E-state index in [1.807, 2.05) is 13.8 Å². The first kappa shape index (κ1) is 16.6. The minimum Gasteiger partial charge on any atom is -0.377 e. The summed E-state index contributed by atoms with van der Waals surface area (Å²) >= 11 is 0. The molecule has 0 bridgehead atoms. The predicted octanol–water partition coefficient (Wildman–Crippen LogP) is 0.917. The Hall–Kier alpha value is -0.790. The topological polar surface area (TPSA) is 73.6 Å². The van der Waals surface area contributed by atoms with E-state index in [0.717, 1.165) is 12.8 Å². The first-order valence-corrected chi connectivity index (χ1v) is 7.36. The number of nitrogens with two attached hydrogens (primary N) is 1. The van der Waals surface area contributed by atoms with E-state index in [1.165, 1.54) is 0 Å². The van der Waals surface area contributed by atoms with Crippen LogP contribution >= 0.6 is 0 Å². The standard InChI is InChI=1S/C14H24F2N2O3/c1-13(2)11-9(4-3-6-21-11)14(13,17)12(19)18-5-7-20-8-10(15)16/h9-11H,3-8,17H2,1-2H3,(H,18,19). The van der Waals surface area contributed by atoms with Crippen molar-refractivity contribution in [2.75, 3.05) is 26.4 Å². The van der Waals surface area contributed by atoms with Crippen molar-refractivity contribution in [1.82, 2.24) is 5.32 Å². The molecule has 7 heteroatoms. The second kappa shape index (κ2) is 6.14. The Morgan fingerprint density at radius 3 is 2.90 bits per heavy atom. The van der Waals surface area contributed by atoms with Crippen LogP contribution in [0.3, 0.4) is 0 Å². The maximum atomic E-state index is 12.4. The van der Waals surface area contributed by atoms with E-state index < -0.39 is 24.0 Å². The third-order valence-electron chi connectivity index (χ3n) is 4.84. The van der Waals surface area contributed by atoms with Crippen LogP contribution in [-0.4, -0.2) is 50.3 Å². The summed E-state index contributed by atoms with van der Waals surface area (Å²) in [5.41, 5.74) is 4.98. The quantitative estimate of drug-likeness (QED) is 0.716. The summed E-state index contributed by atoms with van der Waals surface area (Å²) in [5.74, 6) is -0.233. The van der Waals surface area contributed by atoms with Gasteiger partial charge in [0.1, 0.15) is 12.1 Å². The van der Waals surface area contributed by atoms with Gasteiger partial charge in [-0.1, -0.05) is 13.8 Å². The zero-order valence-electron chi connectivity index (χ0n) is 12.5. The maximum Gasteiger partial charge on any atom is 0.261 e. The molecule has 0 aromatic carbocycles. The van der Waals surface area contributed by atoms with Crippen LogP contribution in [0.1, 0.15) is 26.7 Å². The molecule has 3 atom stereocenters. The summed E-state index contributed by atoms with van der Waals surface area (Å²) in [7, 11) is 0. The normalized spacial score (nSPS) is 34.2. The molecule has 0 aromatic heterocycles. The molecule has 5 nitrogen and oxygen atoms in total. The Morgan fingerprint density at radius 1 is 1.52 bits per heavy atom. The van der Waals surface area contributed by atoms with Crippen molar-refractivity contribution in [2.45, 2.75) is 44.8 Å². The van der Waals surface area contributed by atoms with Crippen molar-refractivity contribution in [1.29, 1.82) is 0 Å². The highest BCUT2D eigenvalue weighted by Crippen LogP contribution is 2.57. The lowest BCUT2D eigenvalue weighted by molar-refractivity contribution is -0.225. The van der Waals surface area contributed by atoms with E-state index in [2.05, 4.69) is 5.32 Å². The van der Waals surface area contributed by atoms with Gasteiger partial charge in [-0.2, -0.15) is 0 Å². The van der Waals surface area contributed by atoms with Crippen LogP contribution in [0.25, 0.3) is 0 Å². The lowest BCUT2D eigenvalue weighted by Crippen LogP contribution is -2.82. The molecule has 1 saturated heterocycles. The minimum absolute atomic E-state index is 0.0112. The Bertz CT molecular complexity index is 392. The number of amides is 1. The Kier molecular flexibility index (Phi) is 4.85. The van der Waals surface area contributed by atoms with Crippen molar-refractivity contribution in [2.24, 2.45) is 17.1 Å². The first-order chi connectivity index (χ1) is 9.81. The summed E-state index contributed by atoms with van der Waals surface area (Å²) in [6, 6.07) is 0. The van der Waals surface area contributed by atoms with Gasteiger partial charge < -0.3 is 20.5 Å². The van der Waals surface area contributed by atoms with Crippen molar-refractivity contribution in [3.8, 4) is 0 Å².